The molecular formula is C34H28F8N8O3. The molecule has 4 heterocycles. The third-order valence-corrected chi connectivity index (χ3v) is 7.74. The Hall–Kier alpha value is -5.88. The van der Waals surface area contributed by atoms with Gasteiger partial charge in [0.1, 0.15) is 17.4 Å². The molecule has 278 valence electrons. The standard InChI is InChI=1S/C34H28F8N8O3/c1-17(33(37,38)39)51-25-11-10-20(13-24(25)34(40,41)42)31-47-28(49-53-31)22-5-4-12-44-27(22)46-21-14-23(26(43-3)45-16-21)29-48-30(52-50-29)19-8-6-18(7-9-19)15-32(2,35)36/h5-11,13-14,16-17H,4,12,15H2,1-3H3,(H,43,45)(H,44,46). The van der Waals surface area contributed by atoms with Crippen LogP contribution in [-0.2, 0) is 12.6 Å². The van der Waals surface area contributed by atoms with Gasteiger partial charge in [-0.1, -0.05) is 28.5 Å². The average Bonchev–Trinajstić information content (AvgIpc) is 3.79. The number of nitrogens with one attached hydrogen (secondary N) is 2. The molecule has 11 nitrogen and oxygen atoms in total. The van der Waals surface area contributed by atoms with Crippen molar-refractivity contribution in [3.05, 3.63) is 77.8 Å². The van der Waals surface area contributed by atoms with Gasteiger partial charge in [0.2, 0.25) is 17.6 Å². The second kappa shape index (κ2) is 14.3. The van der Waals surface area contributed by atoms with Crippen LogP contribution in [0.15, 0.2) is 74.8 Å². The van der Waals surface area contributed by atoms with Gasteiger partial charge in [-0.3, -0.25) is 4.99 Å². The maximum absolute atomic E-state index is 13.9. The van der Waals surface area contributed by atoms with Gasteiger partial charge < -0.3 is 24.4 Å². The number of hydrogen-bond acceptors (Lipinski definition) is 11. The van der Waals surface area contributed by atoms with Gasteiger partial charge in [-0.25, -0.2) is 13.8 Å². The van der Waals surface area contributed by atoms with Gasteiger partial charge in [-0.2, -0.15) is 36.3 Å². The van der Waals surface area contributed by atoms with E-state index in [1.807, 2.05) is 0 Å². The molecule has 0 saturated carbocycles. The number of hydrogen-bond donors (Lipinski definition) is 2. The Morgan fingerprint density at radius 3 is 2.19 bits per heavy atom. The number of alkyl halides is 8. The number of pyridine rings is 1. The molecule has 0 aliphatic carbocycles. The minimum Gasteiger partial charge on any atom is -0.481 e. The highest BCUT2D eigenvalue weighted by Crippen LogP contribution is 2.40. The van der Waals surface area contributed by atoms with Gasteiger partial charge in [0.25, 0.3) is 11.8 Å². The zero-order chi connectivity index (χ0) is 38.1. The molecule has 0 bridgehead atoms. The molecule has 5 aromatic rings. The zero-order valence-electron chi connectivity index (χ0n) is 27.9. The predicted octanol–water partition coefficient (Wildman–Crippen LogP) is 8.73. The number of benzene rings is 2. The third kappa shape index (κ3) is 8.61. The molecule has 0 spiro atoms. The molecule has 1 atom stereocenters. The molecule has 0 fully saturated rings. The van der Waals surface area contributed by atoms with Crippen molar-refractivity contribution in [2.24, 2.45) is 4.99 Å². The van der Waals surface area contributed by atoms with Crippen molar-refractivity contribution in [3.8, 4) is 40.0 Å². The van der Waals surface area contributed by atoms with E-state index < -0.39 is 42.1 Å². The molecule has 6 rings (SSSR count). The summed E-state index contributed by atoms with van der Waals surface area (Å²) in [6.45, 7) is 1.82. The van der Waals surface area contributed by atoms with Crippen molar-refractivity contribution in [1.29, 1.82) is 0 Å². The molecule has 3 aromatic heterocycles. The summed E-state index contributed by atoms with van der Waals surface area (Å²) in [5.41, 5.74) is 0.494. The van der Waals surface area contributed by atoms with E-state index in [0.717, 1.165) is 19.1 Å². The van der Waals surface area contributed by atoms with E-state index in [-0.39, 0.29) is 34.8 Å². The molecule has 19 heteroatoms. The highest BCUT2D eigenvalue weighted by Gasteiger charge is 2.41. The van der Waals surface area contributed by atoms with Crippen LogP contribution in [-0.4, -0.2) is 62.9 Å². The second-order valence-corrected chi connectivity index (χ2v) is 11.9. The quantitative estimate of drug-likeness (QED) is 0.134. The van der Waals surface area contributed by atoms with Crippen LogP contribution < -0.4 is 15.4 Å². The highest BCUT2D eigenvalue weighted by molar-refractivity contribution is 6.28. The Balaban J connectivity index is 1.22. The first-order valence-corrected chi connectivity index (χ1v) is 15.8. The number of halogens is 8. The number of rotatable bonds is 10. The lowest BCUT2D eigenvalue weighted by Crippen LogP contribution is -2.31. The topological polar surface area (TPSA) is 136 Å². The summed E-state index contributed by atoms with van der Waals surface area (Å²) in [6.07, 6.45) is -9.14. The van der Waals surface area contributed by atoms with Crippen LogP contribution in [0.1, 0.15) is 37.2 Å². The van der Waals surface area contributed by atoms with E-state index in [2.05, 4.69) is 45.6 Å². The van der Waals surface area contributed by atoms with E-state index >= 15 is 0 Å². The van der Waals surface area contributed by atoms with E-state index in [1.54, 1.807) is 43.5 Å². The Morgan fingerprint density at radius 2 is 1.53 bits per heavy atom. The number of aromatic nitrogens is 5. The first-order valence-electron chi connectivity index (χ1n) is 15.8. The van der Waals surface area contributed by atoms with Crippen molar-refractivity contribution in [2.75, 3.05) is 24.2 Å². The molecule has 1 aliphatic rings. The normalized spacial score (nSPS) is 14.4. The summed E-state index contributed by atoms with van der Waals surface area (Å²) >= 11 is 0. The molecule has 2 N–H and O–H groups in total. The van der Waals surface area contributed by atoms with Crippen LogP contribution in [0.3, 0.4) is 0 Å². The monoisotopic (exact) mass is 748 g/mol. The fraction of sp³-hybridized carbons (Fsp3) is 0.294. The van der Waals surface area contributed by atoms with Crippen LogP contribution in [0.5, 0.6) is 5.75 Å². The molecule has 53 heavy (non-hydrogen) atoms. The fourth-order valence-electron chi connectivity index (χ4n) is 5.18. The van der Waals surface area contributed by atoms with Crippen LogP contribution >= 0.6 is 0 Å². The van der Waals surface area contributed by atoms with E-state index in [1.165, 1.54) is 6.20 Å². The number of aliphatic imine (C=N–C) groups is 1. The minimum absolute atomic E-state index is 0.0259. The van der Waals surface area contributed by atoms with Gasteiger partial charge in [0.05, 0.1) is 28.6 Å². The number of amidine groups is 1. The Labute approximate surface area is 295 Å². The molecule has 0 radical (unpaired) electrons. The maximum atomic E-state index is 13.9. The van der Waals surface area contributed by atoms with Crippen LogP contribution in [0.4, 0.5) is 46.6 Å². The van der Waals surface area contributed by atoms with Gasteiger partial charge >= 0.3 is 12.4 Å². The SMILES string of the molecule is CNc1ncc(NC2=NCCC=C2c2noc(-c3ccc(OC(C)C(F)(F)F)c(C(F)(F)F)c3)n2)cc1-c1noc(-c2ccc(CC(C)(F)F)cc2)n1. The average molecular weight is 749 g/mol. The van der Waals surface area contributed by atoms with Gasteiger partial charge in [0, 0.05) is 31.1 Å². The van der Waals surface area contributed by atoms with Crippen molar-refractivity contribution in [3.63, 3.8) is 0 Å². The lowest BCUT2D eigenvalue weighted by molar-refractivity contribution is -0.191. The predicted molar refractivity (Wildman–Crippen MR) is 176 cm³/mol. The summed E-state index contributed by atoms with van der Waals surface area (Å²) in [7, 11) is 1.64. The van der Waals surface area contributed by atoms with Gasteiger partial charge in [-0.05, 0) is 62.2 Å². The largest absolute Gasteiger partial charge is 0.481 e. The molecule has 2 aromatic carbocycles. The molecular weight excluding hydrogens is 720 g/mol. The minimum atomic E-state index is -5.06. The third-order valence-electron chi connectivity index (χ3n) is 7.74. The van der Waals surface area contributed by atoms with E-state index in [4.69, 9.17) is 9.05 Å². The highest BCUT2D eigenvalue weighted by atomic mass is 19.4. The summed E-state index contributed by atoms with van der Waals surface area (Å²) in [5, 5.41) is 14.1. The zero-order valence-corrected chi connectivity index (χ0v) is 27.9. The smallest absolute Gasteiger partial charge is 0.425 e. The van der Waals surface area contributed by atoms with Crippen LogP contribution in [0, 0.1) is 0 Å². The number of anilines is 2. The summed E-state index contributed by atoms with van der Waals surface area (Å²) < 4.78 is 123. The summed E-state index contributed by atoms with van der Waals surface area (Å²) in [4.78, 5) is 17.6. The van der Waals surface area contributed by atoms with Crippen molar-refractivity contribution in [1.82, 2.24) is 25.3 Å². The second-order valence-electron chi connectivity index (χ2n) is 11.9. The Kier molecular flexibility index (Phi) is 9.93. The molecule has 1 unspecified atom stereocenters. The van der Waals surface area contributed by atoms with E-state index in [0.29, 0.717) is 59.7 Å². The Bertz CT molecular complexity index is 2150. The van der Waals surface area contributed by atoms with Gasteiger partial charge in [0.15, 0.2) is 6.10 Å². The van der Waals surface area contributed by atoms with Crippen molar-refractivity contribution >= 4 is 22.9 Å². The lowest BCUT2D eigenvalue weighted by atomic mass is 10.1. The molecule has 1 aliphatic heterocycles. The Morgan fingerprint density at radius 1 is 0.868 bits per heavy atom. The van der Waals surface area contributed by atoms with E-state index in [9.17, 15) is 35.1 Å². The van der Waals surface area contributed by atoms with Crippen LogP contribution in [0.25, 0.3) is 39.9 Å². The van der Waals surface area contributed by atoms with Crippen molar-refractivity contribution < 1.29 is 48.9 Å². The lowest BCUT2D eigenvalue weighted by Gasteiger charge is -2.20. The van der Waals surface area contributed by atoms with Gasteiger partial charge in [-0.15, -0.1) is 0 Å². The maximum Gasteiger partial charge on any atom is 0.425 e. The fourth-order valence-corrected chi connectivity index (χ4v) is 5.18. The number of nitrogens with zero attached hydrogens (tertiary/aromatic N) is 6. The first-order chi connectivity index (χ1) is 25.0. The first kappa shape index (κ1) is 36.9. The molecule has 0 amide bonds. The summed E-state index contributed by atoms with van der Waals surface area (Å²) in [5.74, 6) is -3.24. The molecule has 0 saturated heterocycles. The van der Waals surface area contributed by atoms with Crippen molar-refractivity contribution in [2.45, 2.75) is 51.1 Å². The summed E-state index contributed by atoms with van der Waals surface area (Å²) in [6, 6.07) is 10.4. The van der Waals surface area contributed by atoms with Crippen LogP contribution in [0.2, 0.25) is 0 Å². The number of ether oxygens (including phenoxy) is 1. The number of dihydropyridines is 1.